The van der Waals surface area contributed by atoms with Crippen molar-refractivity contribution in [1.82, 2.24) is 0 Å². The number of esters is 1. The number of rotatable bonds is 5. The molecule has 1 N–H and O–H groups in total. The van der Waals surface area contributed by atoms with Crippen molar-refractivity contribution in [3.63, 3.8) is 0 Å². The average Bonchev–Trinajstić information content (AvgIpc) is 2.26. The monoisotopic (exact) mass is 228 g/mol. The molecule has 3 heteroatoms. The molecule has 1 saturated carbocycles. The van der Waals surface area contributed by atoms with Gasteiger partial charge in [-0.15, -0.1) is 0 Å². The van der Waals surface area contributed by atoms with Gasteiger partial charge in [0.1, 0.15) is 0 Å². The smallest absolute Gasteiger partial charge is 0.305 e. The first-order chi connectivity index (χ1) is 7.63. The van der Waals surface area contributed by atoms with Crippen molar-refractivity contribution in [1.29, 1.82) is 0 Å². The molecule has 0 aromatic rings. The highest BCUT2D eigenvalue weighted by Gasteiger charge is 2.25. The van der Waals surface area contributed by atoms with Gasteiger partial charge < -0.3 is 9.84 Å². The Morgan fingerprint density at radius 1 is 1.50 bits per heavy atom. The Morgan fingerprint density at radius 2 is 2.25 bits per heavy atom. The zero-order valence-electron chi connectivity index (χ0n) is 10.4. The van der Waals surface area contributed by atoms with E-state index in [4.69, 9.17) is 4.74 Å². The first kappa shape index (κ1) is 13.5. The molecule has 0 heterocycles. The third-order valence-corrected chi connectivity index (χ3v) is 3.47. The summed E-state index contributed by atoms with van der Waals surface area (Å²) in [6.45, 7) is 4.47. The molecule has 0 aromatic heterocycles. The van der Waals surface area contributed by atoms with Gasteiger partial charge in [0.05, 0.1) is 12.7 Å². The normalized spacial score (nSPS) is 27.4. The van der Waals surface area contributed by atoms with Gasteiger partial charge in [-0.1, -0.05) is 19.8 Å². The molecule has 16 heavy (non-hydrogen) atoms. The van der Waals surface area contributed by atoms with E-state index in [1.165, 1.54) is 12.8 Å². The van der Waals surface area contributed by atoms with Gasteiger partial charge in [-0.05, 0) is 38.0 Å². The van der Waals surface area contributed by atoms with Crippen molar-refractivity contribution in [2.24, 2.45) is 11.8 Å². The van der Waals surface area contributed by atoms with Gasteiger partial charge in [-0.25, -0.2) is 0 Å². The first-order valence-corrected chi connectivity index (χ1v) is 6.47. The van der Waals surface area contributed by atoms with Crippen LogP contribution in [0.2, 0.25) is 0 Å². The first-order valence-electron chi connectivity index (χ1n) is 6.47. The second-order valence-corrected chi connectivity index (χ2v) is 4.94. The van der Waals surface area contributed by atoms with Crippen molar-refractivity contribution in [3.8, 4) is 0 Å². The van der Waals surface area contributed by atoms with Crippen LogP contribution in [-0.2, 0) is 9.53 Å². The Balaban J connectivity index is 2.23. The predicted octanol–water partition coefficient (Wildman–Crippen LogP) is 2.52. The highest BCUT2D eigenvalue weighted by atomic mass is 16.5. The molecule has 0 saturated heterocycles. The summed E-state index contributed by atoms with van der Waals surface area (Å²) in [7, 11) is 0. The summed E-state index contributed by atoms with van der Waals surface area (Å²) < 4.78 is 4.85. The van der Waals surface area contributed by atoms with Crippen molar-refractivity contribution in [3.05, 3.63) is 0 Å². The summed E-state index contributed by atoms with van der Waals surface area (Å²) in [5.41, 5.74) is 0. The van der Waals surface area contributed by atoms with Gasteiger partial charge in [-0.2, -0.15) is 0 Å². The van der Waals surface area contributed by atoms with Crippen LogP contribution in [0.1, 0.15) is 52.4 Å². The van der Waals surface area contributed by atoms with E-state index in [0.29, 0.717) is 25.4 Å². The van der Waals surface area contributed by atoms with E-state index in [9.17, 15) is 9.90 Å². The Hall–Kier alpha value is -0.570. The van der Waals surface area contributed by atoms with Crippen LogP contribution in [0, 0.1) is 11.8 Å². The topological polar surface area (TPSA) is 46.5 Å². The lowest BCUT2D eigenvalue weighted by molar-refractivity contribution is -0.144. The predicted molar refractivity (Wildman–Crippen MR) is 63.0 cm³/mol. The van der Waals surface area contributed by atoms with Crippen LogP contribution in [0.3, 0.4) is 0 Å². The Morgan fingerprint density at radius 3 is 2.88 bits per heavy atom. The third kappa shape index (κ3) is 4.52. The molecular weight excluding hydrogens is 204 g/mol. The molecule has 1 aliphatic rings. The fraction of sp³-hybridized carbons (Fsp3) is 0.923. The molecular formula is C13H24O3. The number of carbonyl (C=O) groups is 1. The van der Waals surface area contributed by atoms with Gasteiger partial charge in [0.25, 0.3) is 0 Å². The van der Waals surface area contributed by atoms with Crippen LogP contribution in [0.4, 0.5) is 0 Å². The minimum atomic E-state index is -0.327. The molecule has 0 spiro atoms. The SMILES string of the molecule is CCOC(=O)CCC(O)C1CCCC(C)C1. The maximum absolute atomic E-state index is 11.2. The maximum atomic E-state index is 11.2. The van der Waals surface area contributed by atoms with Crippen LogP contribution in [-0.4, -0.2) is 23.8 Å². The molecule has 1 aliphatic carbocycles. The fourth-order valence-electron chi connectivity index (χ4n) is 2.57. The summed E-state index contributed by atoms with van der Waals surface area (Å²) in [6.07, 6.45) is 5.27. The highest BCUT2D eigenvalue weighted by molar-refractivity contribution is 5.69. The number of aliphatic hydroxyl groups is 1. The van der Waals surface area contributed by atoms with E-state index in [1.807, 2.05) is 0 Å². The van der Waals surface area contributed by atoms with E-state index in [-0.39, 0.29) is 12.1 Å². The maximum Gasteiger partial charge on any atom is 0.305 e. The van der Waals surface area contributed by atoms with Gasteiger partial charge in [0.2, 0.25) is 0 Å². The van der Waals surface area contributed by atoms with E-state index in [2.05, 4.69) is 6.92 Å². The van der Waals surface area contributed by atoms with Crippen LogP contribution in [0.15, 0.2) is 0 Å². The number of carbonyl (C=O) groups excluding carboxylic acids is 1. The van der Waals surface area contributed by atoms with Gasteiger partial charge >= 0.3 is 5.97 Å². The van der Waals surface area contributed by atoms with Crippen LogP contribution in [0.25, 0.3) is 0 Å². The van der Waals surface area contributed by atoms with E-state index in [1.54, 1.807) is 6.92 Å². The number of hydrogen-bond donors (Lipinski definition) is 1. The fourth-order valence-corrected chi connectivity index (χ4v) is 2.57. The highest BCUT2D eigenvalue weighted by Crippen LogP contribution is 2.32. The molecule has 94 valence electrons. The molecule has 1 fully saturated rings. The molecule has 0 aliphatic heterocycles. The largest absolute Gasteiger partial charge is 0.466 e. The van der Waals surface area contributed by atoms with Crippen molar-refractivity contribution >= 4 is 5.97 Å². The van der Waals surface area contributed by atoms with Crippen molar-refractivity contribution in [2.45, 2.75) is 58.5 Å². The number of aliphatic hydroxyl groups excluding tert-OH is 1. The zero-order chi connectivity index (χ0) is 12.0. The second-order valence-electron chi connectivity index (χ2n) is 4.94. The van der Waals surface area contributed by atoms with E-state index < -0.39 is 0 Å². The van der Waals surface area contributed by atoms with Gasteiger partial charge in [0, 0.05) is 6.42 Å². The Labute approximate surface area is 98.2 Å². The quantitative estimate of drug-likeness (QED) is 0.735. The molecule has 0 amide bonds. The summed E-state index contributed by atoms with van der Waals surface area (Å²) in [5, 5.41) is 10.0. The van der Waals surface area contributed by atoms with Crippen LogP contribution < -0.4 is 0 Å². The molecule has 1 rings (SSSR count). The lowest BCUT2D eigenvalue weighted by Crippen LogP contribution is -2.26. The summed E-state index contributed by atoms with van der Waals surface area (Å²) in [6, 6.07) is 0. The molecule has 0 aromatic carbocycles. The average molecular weight is 228 g/mol. The molecule has 0 bridgehead atoms. The van der Waals surface area contributed by atoms with Crippen LogP contribution in [0.5, 0.6) is 0 Å². The Kier molecular flexibility index (Phi) is 5.81. The molecule has 3 atom stereocenters. The lowest BCUT2D eigenvalue weighted by atomic mass is 9.78. The summed E-state index contributed by atoms with van der Waals surface area (Å²) in [5.74, 6) is 0.916. The third-order valence-electron chi connectivity index (χ3n) is 3.47. The Bertz CT molecular complexity index is 215. The van der Waals surface area contributed by atoms with Crippen molar-refractivity contribution < 1.29 is 14.6 Å². The molecule has 0 radical (unpaired) electrons. The van der Waals surface area contributed by atoms with Gasteiger partial charge in [-0.3, -0.25) is 4.79 Å². The van der Waals surface area contributed by atoms with Gasteiger partial charge in [0.15, 0.2) is 0 Å². The summed E-state index contributed by atoms with van der Waals surface area (Å²) in [4.78, 5) is 11.2. The minimum absolute atomic E-state index is 0.189. The number of ether oxygens (including phenoxy) is 1. The minimum Gasteiger partial charge on any atom is -0.466 e. The zero-order valence-corrected chi connectivity index (χ0v) is 10.4. The standard InChI is InChI=1S/C13H24O3/c1-3-16-13(15)8-7-12(14)11-6-4-5-10(2)9-11/h10-12,14H,3-9H2,1-2H3. The van der Waals surface area contributed by atoms with E-state index in [0.717, 1.165) is 18.8 Å². The van der Waals surface area contributed by atoms with Crippen LogP contribution >= 0.6 is 0 Å². The number of hydrogen-bond acceptors (Lipinski definition) is 3. The molecule has 3 nitrogen and oxygen atoms in total. The molecule has 3 unspecified atom stereocenters. The van der Waals surface area contributed by atoms with E-state index >= 15 is 0 Å². The summed E-state index contributed by atoms with van der Waals surface area (Å²) >= 11 is 0. The second kappa shape index (κ2) is 6.89. The van der Waals surface area contributed by atoms with Crippen molar-refractivity contribution in [2.75, 3.05) is 6.61 Å². The lowest BCUT2D eigenvalue weighted by Gasteiger charge is -2.30.